The van der Waals surface area contributed by atoms with Gasteiger partial charge in [0, 0.05) is 19.3 Å². The van der Waals surface area contributed by atoms with Crippen LogP contribution in [-0.2, 0) is 14.3 Å². The summed E-state index contributed by atoms with van der Waals surface area (Å²) in [6, 6.07) is -0.445. The lowest BCUT2D eigenvalue weighted by molar-refractivity contribution is -0.144. The second kappa shape index (κ2) is 6.85. The monoisotopic (exact) mass is 283 g/mol. The Morgan fingerprint density at radius 1 is 1.20 bits per heavy atom. The number of ether oxygens (including phenoxy) is 1. The molecule has 1 heterocycles. The molecule has 0 aromatic carbocycles. The quantitative estimate of drug-likeness (QED) is 0.645. The Morgan fingerprint density at radius 2 is 1.85 bits per heavy atom. The van der Waals surface area contributed by atoms with Gasteiger partial charge >= 0.3 is 5.97 Å². The van der Waals surface area contributed by atoms with E-state index in [1.165, 1.54) is 0 Å². The number of amides is 1. The molecule has 112 valence electrons. The van der Waals surface area contributed by atoms with Crippen LogP contribution in [0.4, 0.5) is 0 Å². The molecule has 0 spiro atoms. The minimum atomic E-state index is -1.08. The predicted molar refractivity (Wildman–Crippen MR) is 71.0 cm³/mol. The summed E-state index contributed by atoms with van der Waals surface area (Å²) in [4.78, 5) is 23.2. The molecule has 1 aliphatic carbocycles. The third-order valence-corrected chi connectivity index (χ3v) is 4.06. The summed E-state index contributed by atoms with van der Waals surface area (Å²) in [7, 11) is 0. The first-order valence-corrected chi connectivity index (χ1v) is 7.03. The number of carbonyl (C=O) groups excluding carboxylic acids is 1. The van der Waals surface area contributed by atoms with E-state index in [0.29, 0.717) is 38.9 Å². The van der Waals surface area contributed by atoms with Gasteiger partial charge in [-0.05, 0) is 31.6 Å². The van der Waals surface area contributed by atoms with Crippen LogP contribution < -0.4 is 5.32 Å². The van der Waals surface area contributed by atoms with Gasteiger partial charge in [0.2, 0.25) is 5.91 Å². The van der Waals surface area contributed by atoms with Crippen LogP contribution in [0.5, 0.6) is 0 Å². The number of carboxylic acid groups (broad SMARTS) is 1. The number of aliphatic hydroxyl groups excluding tert-OH is 1. The van der Waals surface area contributed by atoms with Crippen molar-refractivity contribution in [3.05, 3.63) is 12.2 Å². The summed E-state index contributed by atoms with van der Waals surface area (Å²) < 4.78 is 5.20. The van der Waals surface area contributed by atoms with Gasteiger partial charge in [-0.3, -0.25) is 9.59 Å². The SMILES string of the molecule is O=C(N[C@@H]1CC=CC[C@@H]1C(=O)O)C(O)C1CCOCC1. The first kappa shape index (κ1) is 15.0. The molecule has 2 rings (SSSR count). The zero-order valence-corrected chi connectivity index (χ0v) is 11.3. The summed E-state index contributed by atoms with van der Waals surface area (Å²) in [5.41, 5.74) is 0. The van der Waals surface area contributed by atoms with Gasteiger partial charge in [-0.25, -0.2) is 0 Å². The van der Waals surface area contributed by atoms with Crippen LogP contribution in [0.3, 0.4) is 0 Å². The van der Waals surface area contributed by atoms with Gasteiger partial charge in [-0.2, -0.15) is 0 Å². The van der Waals surface area contributed by atoms with Gasteiger partial charge in [0.15, 0.2) is 0 Å². The highest BCUT2D eigenvalue weighted by atomic mass is 16.5. The average Bonchev–Trinajstić information content (AvgIpc) is 2.47. The van der Waals surface area contributed by atoms with Gasteiger partial charge in [-0.15, -0.1) is 0 Å². The van der Waals surface area contributed by atoms with E-state index >= 15 is 0 Å². The lowest BCUT2D eigenvalue weighted by Gasteiger charge is -2.30. The fourth-order valence-corrected chi connectivity index (χ4v) is 2.76. The minimum absolute atomic E-state index is 0.105. The maximum Gasteiger partial charge on any atom is 0.308 e. The second-order valence-electron chi connectivity index (χ2n) is 5.40. The van der Waals surface area contributed by atoms with Crippen molar-refractivity contribution in [1.29, 1.82) is 0 Å². The van der Waals surface area contributed by atoms with E-state index in [-0.39, 0.29) is 5.92 Å². The average molecular weight is 283 g/mol. The highest BCUT2D eigenvalue weighted by Crippen LogP contribution is 2.22. The number of rotatable bonds is 4. The van der Waals surface area contributed by atoms with Crippen LogP contribution in [-0.4, -0.2) is 47.4 Å². The molecule has 0 aromatic rings. The molecule has 0 radical (unpaired) electrons. The maximum absolute atomic E-state index is 12.1. The number of carbonyl (C=O) groups is 2. The van der Waals surface area contributed by atoms with Crippen molar-refractivity contribution in [2.24, 2.45) is 11.8 Å². The molecule has 0 bridgehead atoms. The molecule has 20 heavy (non-hydrogen) atoms. The van der Waals surface area contributed by atoms with Crippen molar-refractivity contribution in [3.63, 3.8) is 0 Å². The molecule has 2 aliphatic rings. The fourth-order valence-electron chi connectivity index (χ4n) is 2.76. The van der Waals surface area contributed by atoms with Crippen molar-refractivity contribution in [2.75, 3.05) is 13.2 Å². The van der Waals surface area contributed by atoms with Crippen molar-refractivity contribution in [1.82, 2.24) is 5.32 Å². The first-order chi connectivity index (χ1) is 9.59. The number of allylic oxidation sites excluding steroid dienone is 1. The first-order valence-electron chi connectivity index (χ1n) is 7.03. The van der Waals surface area contributed by atoms with Crippen molar-refractivity contribution in [3.8, 4) is 0 Å². The summed E-state index contributed by atoms with van der Waals surface area (Å²) in [5.74, 6) is -2.11. The summed E-state index contributed by atoms with van der Waals surface area (Å²) in [6.07, 6.45) is 4.81. The predicted octanol–water partition coefficient (Wildman–Crippen LogP) is 0.309. The van der Waals surface area contributed by atoms with E-state index in [2.05, 4.69) is 5.32 Å². The Labute approximate surface area is 117 Å². The lowest BCUT2D eigenvalue weighted by Crippen LogP contribution is -2.49. The molecular weight excluding hydrogens is 262 g/mol. The van der Waals surface area contributed by atoms with Gasteiger partial charge in [-0.1, -0.05) is 12.2 Å². The van der Waals surface area contributed by atoms with E-state index < -0.39 is 29.9 Å². The summed E-state index contributed by atoms with van der Waals surface area (Å²) in [5, 5.41) is 21.9. The van der Waals surface area contributed by atoms with E-state index in [4.69, 9.17) is 9.84 Å². The molecule has 1 fully saturated rings. The molecule has 6 nitrogen and oxygen atoms in total. The van der Waals surface area contributed by atoms with Crippen LogP contribution in [0.25, 0.3) is 0 Å². The number of aliphatic carboxylic acids is 1. The van der Waals surface area contributed by atoms with E-state index in [1.807, 2.05) is 12.2 Å². The third kappa shape index (κ3) is 3.58. The Bertz CT molecular complexity index is 389. The standard InChI is InChI=1S/C14H21NO5/c16-12(9-5-7-20-8-6-9)13(17)15-11-4-2-1-3-10(11)14(18)19/h1-2,9-12,16H,3-8H2,(H,15,17)(H,18,19)/t10-,11+,12?/m0/s1. The zero-order valence-electron chi connectivity index (χ0n) is 11.3. The smallest absolute Gasteiger partial charge is 0.308 e. The molecule has 3 atom stereocenters. The van der Waals surface area contributed by atoms with Crippen LogP contribution >= 0.6 is 0 Å². The molecule has 1 unspecified atom stereocenters. The van der Waals surface area contributed by atoms with Gasteiger partial charge < -0.3 is 20.3 Å². The molecular formula is C14H21NO5. The topological polar surface area (TPSA) is 95.9 Å². The van der Waals surface area contributed by atoms with Crippen molar-refractivity contribution in [2.45, 2.75) is 37.8 Å². The van der Waals surface area contributed by atoms with Crippen molar-refractivity contribution >= 4 is 11.9 Å². The number of aliphatic hydroxyl groups is 1. The number of nitrogens with one attached hydrogen (secondary N) is 1. The second-order valence-corrected chi connectivity index (χ2v) is 5.40. The Balaban J connectivity index is 1.92. The van der Waals surface area contributed by atoms with Crippen LogP contribution in [0, 0.1) is 11.8 Å². The number of hydrogen-bond donors (Lipinski definition) is 3. The third-order valence-electron chi connectivity index (χ3n) is 4.06. The van der Waals surface area contributed by atoms with E-state index in [0.717, 1.165) is 0 Å². The maximum atomic E-state index is 12.1. The summed E-state index contributed by atoms with van der Waals surface area (Å²) >= 11 is 0. The molecule has 3 N–H and O–H groups in total. The molecule has 0 aromatic heterocycles. The Morgan fingerprint density at radius 3 is 2.50 bits per heavy atom. The van der Waals surface area contributed by atoms with Crippen LogP contribution in [0.1, 0.15) is 25.7 Å². The van der Waals surface area contributed by atoms with Crippen molar-refractivity contribution < 1.29 is 24.5 Å². The lowest BCUT2D eigenvalue weighted by atomic mass is 9.88. The van der Waals surface area contributed by atoms with E-state index in [9.17, 15) is 14.7 Å². The Kier molecular flexibility index (Phi) is 5.14. The zero-order chi connectivity index (χ0) is 14.5. The van der Waals surface area contributed by atoms with E-state index in [1.54, 1.807) is 0 Å². The van der Waals surface area contributed by atoms with Crippen LogP contribution in [0.15, 0.2) is 12.2 Å². The molecule has 0 saturated carbocycles. The molecule has 6 heteroatoms. The van der Waals surface area contributed by atoms with Crippen LogP contribution in [0.2, 0.25) is 0 Å². The van der Waals surface area contributed by atoms with Gasteiger partial charge in [0.25, 0.3) is 0 Å². The molecule has 1 amide bonds. The molecule has 1 saturated heterocycles. The number of carboxylic acids is 1. The highest BCUT2D eigenvalue weighted by molar-refractivity contribution is 5.82. The van der Waals surface area contributed by atoms with Gasteiger partial charge in [0.05, 0.1) is 5.92 Å². The fraction of sp³-hybridized carbons (Fsp3) is 0.714. The Hall–Kier alpha value is -1.40. The molecule has 1 aliphatic heterocycles. The normalized spacial score (nSPS) is 28.9. The minimum Gasteiger partial charge on any atom is -0.481 e. The van der Waals surface area contributed by atoms with Gasteiger partial charge in [0.1, 0.15) is 6.10 Å². The largest absolute Gasteiger partial charge is 0.481 e. The number of hydrogen-bond acceptors (Lipinski definition) is 4. The highest BCUT2D eigenvalue weighted by Gasteiger charge is 2.33. The summed E-state index contributed by atoms with van der Waals surface area (Å²) in [6.45, 7) is 1.11.